The van der Waals surface area contributed by atoms with Crippen LogP contribution in [0.5, 0.6) is 0 Å². The van der Waals surface area contributed by atoms with Gasteiger partial charge < -0.3 is 4.90 Å². The highest BCUT2D eigenvalue weighted by Crippen LogP contribution is 2.23. The predicted octanol–water partition coefficient (Wildman–Crippen LogP) is 1.51. The molecule has 0 unspecified atom stereocenters. The number of fused-ring (bicyclic) bond motifs is 1. The van der Waals surface area contributed by atoms with Gasteiger partial charge in [0.05, 0.1) is 17.6 Å². The van der Waals surface area contributed by atoms with E-state index in [1.54, 1.807) is 23.0 Å². The van der Waals surface area contributed by atoms with Gasteiger partial charge in [-0.3, -0.25) is 9.69 Å². The number of hydrogen-bond acceptors (Lipinski definition) is 8. The number of aromatic nitrogens is 7. The molecule has 1 aliphatic heterocycles. The van der Waals surface area contributed by atoms with Crippen LogP contribution in [0.3, 0.4) is 0 Å². The van der Waals surface area contributed by atoms with Crippen LogP contribution in [-0.2, 0) is 6.54 Å². The van der Waals surface area contributed by atoms with E-state index < -0.39 is 0 Å². The van der Waals surface area contributed by atoms with Gasteiger partial charge in [-0.15, -0.1) is 5.10 Å². The summed E-state index contributed by atoms with van der Waals surface area (Å²) in [6, 6.07) is 9.23. The fraction of sp³-hybridized carbons (Fsp3) is 0.391. The van der Waals surface area contributed by atoms with Gasteiger partial charge in [0.1, 0.15) is 11.6 Å². The van der Waals surface area contributed by atoms with Crippen molar-refractivity contribution in [3.05, 3.63) is 64.1 Å². The van der Waals surface area contributed by atoms with Crippen LogP contribution in [0.25, 0.3) is 16.9 Å². The molecule has 10 heteroatoms. The van der Waals surface area contributed by atoms with E-state index in [0.717, 1.165) is 66.8 Å². The van der Waals surface area contributed by atoms with E-state index in [2.05, 4.69) is 30.0 Å². The largest absolute Gasteiger partial charge is 0.353 e. The zero-order chi connectivity index (χ0) is 22.9. The van der Waals surface area contributed by atoms with Crippen molar-refractivity contribution < 1.29 is 0 Å². The average molecular weight is 446 g/mol. The summed E-state index contributed by atoms with van der Waals surface area (Å²) in [6.07, 6.45) is 1.76. The fourth-order valence-corrected chi connectivity index (χ4v) is 4.28. The maximum Gasteiger partial charge on any atom is 0.266 e. The third kappa shape index (κ3) is 4.34. The van der Waals surface area contributed by atoms with Gasteiger partial charge in [-0.1, -0.05) is 0 Å². The summed E-state index contributed by atoms with van der Waals surface area (Å²) in [4.78, 5) is 30.6. The van der Waals surface area contributed by atoms with Gasteiger partial charge in [0.15, 0.2) is 11.5 Å². The standard InChI is InChI=1S/C23H27N9O/c1-16-15-17(2)32(27-16)20-6-7-21(33)31(28-20)14-11-29-9-12-30(13-10-29)23-19-5-4-8-24-22(19)25-18(3)26-23/h4-8,15H,9-14H2,1-3H3. The molecule has 1 aliphatic rings. The van der Waals surface area contributed by atoms with Crippen molar-refractivity contribution in [1.82, 2.24) is 39.4 Å². The molecular weight excluding hydrogens is 418 g/mol. The van der Waals surface area contributed by atoms with Crippen LogP contribution >= 0.6 is 0 Å². The summed E-state index contributed by atoms with van der Waals surface area (Å²) in [7, 11) is 0. The van der Waals surface area contributed by atoms with Crippen molar-refractivity contribution in [2.45, 2.75) is 27.3 Å². The molecule has 10 nitrogen and oxygen atoms in total. The van der Waals surface area contributed by atoms with Crippen LogP contribution in [0.15, 0.2) is 41.3 Å². The first kappa shape index (κ1) is 21.2. The Hall–Kier alpha value is -3.66. The highest BCUT2D eigenvalue weighted by Gasteiger charge is 2.21. The second-order valence-electron chi connectivity index (χ2n) is 8.39. The molecule has 4 aromatic heterocycles. The topological polar surface area (TPSA) is 97.9 Å². The Balaban J connectivity index is 1.25. The van der Waals surface area contributed by atoms with Crippen LogP contribution in [0, 0.1) is 20.8 Å². The molecule has 0 bridgehead atoms. The third-order valence-corrected chi connectivity index (χ3v) is 5.94. The Morgan fingerprint density at radius 3 is 2.52 bits per heavy atom. The Morgan fingerprint density at radius 1 is 0.939 bits per heavy atom. The molecule has 4 aromatic rings. The van der Waals surface area contributed by atoms with Crippen molar-refractivity contribution in [1.29, 1.82) is 0 Å². The molecule has 33 heavy (non-hydrogen) atoms. The van der Waals surface area contributed by atoms with Gasteiger partial charge >= 0.3 is 0 Å². The van der Waals surface area contributed by atoms with E-state index in [1.165, 1.54) is 4.68 Å². The van der Waals surface area contributed by atoms with Crippen LogP contribution < -0.4 is 10.5 Å². The number of hydrogen-bond donors (Lipinski definition) is 0. The fourth-order valence-electron chi connectivity index (χ4n) is 4.28. The minimum Gasteiger partial charge on any atom is -0.353 e. The van der Waals surface area contributed by atoms with Crippen molar-refractivity contribution in [3.8, 4) is 5.82 Å². The SMILES string of the molecule is Cc1cc(C)n(-c2ccc(=O)n(CCN3CCN(c4nc(C)nc5ncccc45)CC3)n2)n1. The van der Waals surface area contributed by atoms with E-state index in [0.29, 0.717) is 12.4 Å². The zero-order valence-corrected chi connectivity index (χ0v) is 19.1. The maximum absolute atomic E-state index is 12.4. The van der Waals surface area contributed by atoms with E-state index in [1.807, 2.05) is 39.0 Å². The normalized spacial score (nSPS) is 14.8. The first-order valence-corrected chi connectivity index (χ1v) is 11.2. The Kier molecular flexibility index (Phi) is 5.59. The highest BCUT2D eigenvalue weighted by atomic mass is 16.1. The van der Waals surface area contributed by atoms with Crippen LogP contribution in [-0.4, -0.2) is 72.1 Å². The monoisotopic (exact) mass is 445 g/mol. The van der Waals surface area contributed by atoms with Gasteiger partial charge in [0, 0.05) is 50.7 Å². The lowest BCUT2D eigenvalue weighted by molar-refractivity contribution is 0.242. The molecular formula is C23H27N9O. The molecule has 5 heterocycles. The Labute approximate surface area is 191 Å². The minimum absolute atomic E-state index is 0.102. The third-order valence-electron chi connectivity index (χ3n) is 5.94. The molecule has 1 fully saturated rings. The molecule has 0 N–H and O–H groups in total. The summed E-state index contributed by atoms with van der Waals surface area (Å²) in [5.74, 6) is 2.33. The first-order valence-electron chi connectivity index (χ1n) is 11.2. The molecule has 0 radical (unpaired) electrons. The molecule has 0 saturated carbocycles. The Bertz CT molecular complexity index is 1350. The highest BCUT2D eigenvalue weighted by molar-refractivity contribution is 5.86. The molecule has 0 aliphatic carbocycles. The smallest absolute Gasteiger partial charge is 0.266 e. The number of piperazine rings is 1. The van der Waals surface area contributed by atoms with Gasteiger partial charge in [0.25, 0.3) is 5.56 Å². The van der Waals surface area contributed by atoms with Crippen LogP contribution in [0.1, 0.15) is 17.2 Å². The summed E-state index contributed by atoms with van der Waals surface area (Å²) in [5.41, 5.74) is 2.54. The molecule has 0 spiro atoms. The lowest BCUT2D eigenvalue weighted by atomic mass is 10.2. The van der Waals surface area contributed by atoms with Crippen molar-refractivity contribution >= 4 is 16.9 Å². The number of pyridine rings is 1. The van der Waals surface area contributed by atoms with E-state index >= 15 is 0 Å². The summed E-state index contributed by atoms with van der Waals surface area (Å²) in [6.45, 7) is 10.6. The molecule has 5 rings (SSSR count). The van der Waals surface area contributed by atoms with E-state index in [9.17, 15) is 4.79 Å². The van der Waals surface area contributed by atoms with Crippen molar-refractivity contribution in [2.75, 3.05) is 37.6 Å². The molecule has 0 atom stereocenters. The molecule has 1 saturated heterocycles. The second kappa shape index (κ2) is 8.70. The van der Waals surface area contributed by atoms with Gasteiger partial charge in [-0.25, -0.2) is 24.3 Å². The lowest BCUT2D eigenvalue weighted by Gasteiger charge is -2.35. The molecule has 170 valence electrons. The molecule has 0 aromatic carbocycles. The van der Waals surface area contributed by atoms with Crippen molar-refractivity contribution in [2.24, 2.45) is 0 Å². The minimum atomic E-state index is -0.102. The zero-order valence-electron chi connectivity index (χ0n) is 19.1. The van der Waals surface area contributed by atoms with E-state index in [4.69, 9.17) is 4.98 Å². The number of aryl methyl sites for hydroxylation is 3. The first-order chi connectivity index (χ1) is 16.0. The van der Waals surface area contributed by atoms with Gasteiger partial charge in [0.2, 0.25) is 0 Å². The van der Waals surface area contributed by atoms with E-state index in [-0.39, 0.29) is 5.56 Å². The second-order valence-corrected chi connectivity index (χ2v) is 8.39. The molecule has 0 amide bonds. The van der Waals surface area contributed by atoms with Gasteiger partial charge in [-0.2, -0.15) is 5.10 Å². The quantitative estimate of drug-likeness (QED) is 0.456. The summed E-state index contributed by atoms with van der Waals surface area (Å²) in [5, 5.41) is 10.0. The van der Waals surface area contributed by atoms with Gasteiger partial charge in [-0.05, 0) is 45.0 Å². The summed E-state index contributed by atoms with van der Waals surface area (Å²) >= 11 is 0. The van der Waals surface area contributed by atoms with Crippen LogP contribution in [0.2, 0.25) is 0 Å². The Morgan fingerprint density at radius 2 is 1.76 bits per heavy atom. The number of nitrogens with zero attached hydrogens (tertiary/aromatic N) is 9. The maximum atomic E-state index is 12.4. The average Bonchev–Trinajstić information content (AvgIpc) is 3.16. The van der Waals surface area contributed by atoms with Crippen molar-refractivity contribution in [3.63, 3.8) is 0 Å². The number of anilines is 1. The predicted molar refractivity (Wildman–Crippen MR) is 126 cm³/mol. The number of rotatable bonds is 5. The van der Waals surface area contributed by atoms with Crippen LogP contribution in [0.4, 0.5) is 5.82 Å². The summed E-state index contributed by atoms with van der Waals surface area (Å²) < 4.78 is 3.30. The lowest BCUT2D eigenvalue weighted by Crippen LogP contribution is -2.48.